The molecule has 0 aliphatic heterocycles. The Balaban J connectivity index is 2.44. The number of rotatable bonds is 3. The van der Waals surface area contributed by atoms with E-state index in [1.54, 1.807) is 12.5 Å². The molecule has 0 bridgehead atoms. The van der Waals surface area contributed by atoms with E-state index in [0.29, 0.717) is 0 Å². The van der Waals surface area contributed by atoms with Crippen molar-refractivity contribution in [2.24, 2.45) is 0 Å². The Hall–Kier alpha value is -1.68. The molecule has 2 N–H and O–H groups in total. The van der Waals surface area contributed by atoms with Crippen LogP contribution in [-0.4, -0.2) is 20.1 Å². The highest BCUT2D eigenvalue weighted by Crippen LogP contribution is 2.26. The molecule has 0 aromatic carbocycles. The van der Waals surface area contributed by atoms with Gasteiger partial charge in [-0.2, -0.15) is 0 Å². The first-order chi connectivity index (χ1) is 7.74. The largest absolute Gasteiger partial charge is 0.392 e. The van der Waals surface area contributed by atoms with Crippen LogP contribution in [0, 0.1) is 6.92 Å². The van der Waals surface area contributed by atoms with Crippen LogP contribution in [0.25, 0.3) is 0 Å². The number of aryl methyl sites for hydroxylation is 1. The maximum atomic E-state index is 9.38. The molecular weight excluding hydrogens is 202 g/mol. The maximum absolute atomic E-state index is 9.38. The minimum absolute atomic E-state index is 0.0176. The van der Waals surface area contributed by atoms with Crippen LogP contribution >= 0.6 is 0 Å². The van der Waals surface area contributed by atoms with E-state index in [1.165, 1.54) is 0 Å². The number of hydrogen-bond donors (Lipinski definition) is 2. The molecule has 2 aromatic rings. The zero-order valence-electron chi connectivity index (χ0n) is 9.44. The van der Waals surface area contributed by atoms with E-state index in [2.05, 4.69) is 21.9 Å². The van der Waals surface area contributed by atoms with E-state index in [9.17, 15) is 5.11 Å². The van der Waals surface area contributed by atoms with E-state index in [1.807, 2.05) is 19.2 Å². The first kappa shape index (κ1) is 10.8. The smallest absolute Gasteiger partial charge is 0.0923 e. The van der Waals surface area contributed by atoms with Crippen molar-refractivity contribution in [3.05, 3.63) is 47.3 Å². The summed E-state index contributed by atoms with van der Waals surface area (Å²) in [6.45, 7) is 4.00. The van der Waals surface area contributed by atoms with Gasteiger partial charge in [0.2, 0.25) is 0 Å². The molecule has 0 saturated heterocycles. The lowest BCUT2D eigenvalue weighted by molar-refractivity contribution is 0.279. The summed E-state index contributed by atoms with van der Waals surface area (Å²) in [5, 5.41) is 9.38. The second kappa shape index (κ2) is 4.45. The number of aromatic amines is 1. The Morgan fingerprint density at radius 3 is 2.88 bits per heavy atom. The molecule has 0 aliphatic rings. The Bertz CT molecular complexity index is 465. The molecule has 2 heterocycles. The van der Waals surface area contributed by atoms with Gasteiger partial charge in [0.25, 0.3) is 0 Å². The normalized spacial score (nSPS) is 12.7. The number of aromatic nitrogens is 3. The molecule has 4 heteroatoms. The summed E-state index contributed by atoms with van der Waals surface area (Å²) in [5.74, 6) is 0.162. The molecule has 0 amide bonds. The van der Waals surface area contributed by atoms with Gasteiger partial charge in [-0.3, -0.25) is 4.98 Å². The van der Waals surface area contributed by atoms with Crippen LogP contribution < -0.4 is 0 Å². The van der Waals surface area contributed by atoms with Crippen molar-refractivity contribution >= 4 is 0 Å². The molecule has 4 nitrogen and oxygen atoms in total. The number of nitrogens with one attached hydrogen (secondary N) is 1. The molecule has 0 spiro atoms. The SMILES string of the molecule is Cc1nccc(C(C)c2c[nH]cn2)c1CO. The number of hydrogen-bond acceptors (Lipinski definition) is 3. The van der Waals surface area contributed by atoms with Crippen molar-refractivity contribution in [3.63, 3.8) is 0 Å². The highest BCUT2D eigenvalue weighted by molar-refractivity contribution is 5.35. The summed E-state index contributed by atoms with van der Waals surface area (Å²) < 4.78 is 0. The first-order valence-electron chi connectivity index (χ1n) is 5.28. The third kappa shape index (κ3) is 1.84. The van der Waals surface area contributed by atoms with Crippen molar-refractivity contribution in [2.45, 2.75) is 26.4 Å². The second-order valence-electron chi connectivity index (χ2n) is 3.84. The summed E-state index contributed by atoms with van der Waals surface area (Å²) in [7, 11) is 0. The molecule has 0 radical (unpaired) electrons. The van der Waals surface area contributed by atoms with E-state index in [-0.39, 0.29) is 12.5 Å². The van der Waals surface area contributed by atoms with Gasteiger partial charge in [-0.1, -0.05) is 6.92 Å². The van der Waals surface area contributed by atoms with Gasteiger partial charge in [-0.25, -0.2) is 4.98 Å². The predicted molar refractivity (Wildman–Crippen MR) is 61.0 cm³/mol. The van der Waals surface area contributed by atoms with Gasteiger partial charge in [0.1, 0.15) is 0 Å². The first-order valence-corrected chi connectivity index (χ1v) is 5.28. The molecule has 2 aromatic heterocycles. The lowest BCUT2D eigenvalue weighted by Crippen LogP contribution is -2.04. The molecule has 84 valence electrons. The lowest BCUT2D eigenvalue weighted by Gasteiger charge is -2.14. The Morgan fingerprint density at radius 2 is 2.25 bits per heavy atom. The number of aliphatic hydroxyl groups is 1. The third-order valence-corrected chi connectivity index (χ3v) is 2.90. The predicted octanol–water partition coefficient (Wildman–Crippen LogP) is 1.76. The van der Waals surface area contributed by atoms with E-state index < -0.39 is 0 Å². The van der Waals surface area contributed by atoms with Crippen LogP contribution in [0.1, 0.15) is 35.4 Å². The Kier molecular flexibility index (Phi) is 3.01. The minimum Gasteiger partial charge on any atom is -0.392 e. The van der Waals surface area contributed by atoms with Crippen LogP contribution in [0.3, 0.4) is 0 Å². The number of imidazole rings is 1. The Labute approximate surface area is 94.4 Å². The lowest BCUT2D eigenvalue weighted by atomic mass is 9.93. The van der Waals surface area contributed by atoms with Crippen LogP contribution in [0.4, 0.5) is 0 Å². The standard InChI is InChI=1S/C12H15N3O/c1-8(12-5-13-7-15-12)10-3-4-14-9(2)11(10)6-16/h3-5,7-8,16H,6H2,1-2H3,(H,13,15). The van der Waals surface area contributed by atoms with Crippen LogP contribution in [0.2, 0.25) is 0 Å². The van der Waals surface area contributed by atoms with Crippen molar-refractivity contribution in [3.8, 4) is 0 Å². The second-order valence-corrected chi connectivity index (χ2v) is 3.84. The van der Waals surface area contributed by atoms with Gasteiger partial charge >= 0.3 is 0 Å². The number of pyridine rings is 1. The van der Waals surface area contributed by atoms with Crippen molar-refractivity contribution in [2.75, 3.05) is 0 Å². The highest BCUT2D eigenvalue weighted by atomic mass is 16.3. The minimum atomic E-state index is 0.0176. The van der Waals surface area contributed by atoms with Crippen LogP contribution in [-0.2, 0) is 6.61 Å². The fourth-order valence-electron chi connectivity index (χ4n) is 1.90. The molecular formula is C12H15N3O. The molecule has 0 saturated carbocycles. The van der Waals surface area contributed by atoms with Gasteiger partial charge in [0.05, 0.1) is 18.6 Å². The summed E-state index contributed by atoms with van der Waals surface area (Å²) >= 11 is 0. The number of H-pyrrole nitrogens is 1. The summed E-state index contributed by atoms with van der Waals surface area (Å²) in [6.07, 6.45) is 5.31. The van der Waals surface area contributed by atoms with E-state index in [4.69, 9.17) is 0 Å². The molecule has 1 atom stereocenters. The van der Waals surface area contributed by atoms with Crippen LogP contribution in [0.5, 0.6) is 0 Å². The van der Waals surface area contributed by atoms with Crippen molar-refractivity contribution in [1.82, 2.24) is 15.0 Å². The van der Waals surface area contributed by atoms with E-state index in [0.717, 1.165) is 22.5 Å². The quantitative estimate of drug-likeness (QED) is 0.823. The fraction of sp³-hybridized carbons (Fsp3) is 0.333. The maximum Gasteiger partial charge on any atom is 0.0923 e. The summed E-state index contributed by atoms with van der Waals surface area (Å²) in [5.41, 5.74) is 3.84. The molecule has 0 fully saturated rings. The topological polar surface area (TPSA) is 61.8 Å². The number of nitrogens with zero attached hydrogens (tertiary/aromatic N) is 2. The molecule has 2 rings (SSSR count). The van der Waals surface area contributed by atoms with Gasteiger partial charge < -0.3 is 10.1 Å². The van der Waals surface area contributed by atoms with Gasteiger partial charge in [0.15, 0.2) is 0 Å². The summed E-state index contributed by atoms with van der Waals surface area (Å²) in [6, 6.07) is 1.94. The molecule has 16 heavy (non-hydrogen) atoms. The zero-order chi connectivity index (χ0) is 11.5. The average Bonchev–Trinajstić information content (AvgIpc) is 2.81. The number of aliphatic hydroxyl groups excluding tert-OH is 1. The fourth-order valence-corrected chi connectivity index (χ4v) is 1.90. The highest BCUT2D eigenvalue weighted by Gasteiger charge is 2.15. The van der Waals surface area contributed by atoms with Gasteiger partial charge in [-0.05, 0) is 18.6 Å². The molecule has 0 aliphatic carbocycles. The Morgan fingerprint density at radius 1 is 1.44 bits per heavy atom. The van der Waals surface area contributed by atoms with Crippen molar-refractivity contribution < 1.29 is 5.11 Å². The third-order valence-electron chi connectivity index (χ3n) is 2.90. The van der Waals surface area contributed by atoms with Gasteiger partial charge in [0, 0.05) is 29.6 Å². The molecule has 1 unspecified atom stereocenters. The van der Waals surface area contributed by atoms with E-state index >= 15 is 0 Å². The van der Waals surface area contributed by atoms with Crippen molar-refractivity contribution in [1.29, 1.82) is 0 Å². The average molecular weight is 217 g/mol. The summed E-state index contributed by atoms with van der Waals surface area (Å²) in [4.78, 5) is 11.4. The van der Waals surface area contributed by atoms with Crippen LogP contribution in [0.15, 0.2) is 24.8 Å². The van der Waals surface area contributed by atoms with Gasteiger partial charge in [-0.15, -0.1) is 0 Å². The zero-order valence-corrected chi connectivity index (χ0v) is 9.44. The monoisotopic (exact) mass is 217 g/mol.